The fraction of sp³-hybridized carbons (Fsp3) is 0.643. The Labute approximate surface area is 103 Å². The van der Waals surface area contributed by atoms with Gasteiger partial charge in [-0.05, 0) is 62.0 Å². The average Bonchev–Trinajstić information content (AvgIpc) is 2.74. The number of aromatic nitrogens is 1. The molecule has 1 aromatic rings. The molecule has 3 rings (SSSR count). The van der Waals surface area contributed by atoms with Crippen molar-refractivity contribution in [1.82, 2.24) is 15.2 Å². The van der Waals surface area contributed by atoms with E-state index in [1.165, 1.54) is 51.0 Å². The number of hydrogen-bond donors (Lipinski definition) is 1. The van der Waals surface area contributed by atoms with Gasteiger partial charge in [0.1, 0.15) is 0 Å². The average molecular weight is 231 g/mol. The summed E-state index contributed by atoms with van der Waals surface area (Å²) in [7, 11) is 0. The van der Waals surface area contributed by atoms with Crippen molar-refractivity contribution in [3.8, 4) is 0 Å². The van der Waals surface area contributed by atoms with Crippen LogP contribution in [0.3, 0.4) is 0 Å². The van der Waals surface area contributed by atoms with E-state index in [1.807, 2.05) is 12.4 Å². The van der Waals surface area contributed by atoms with Crippen LogP contribution in [0.1, 0.15) is 24.8 Å². The first-order chi connectivity index (χ1) is 8.36. The van der Waals surface area contributed by atoms with E-state index in [-0.39, 0.29) is 0 Å². The van der Waals surface area contributed by atoms with Crippen LogP contribution in [-0.2, 0) is 6.54 Å². The molecule has 2 saturated heterocycles. The molecule has 0 bridgehead atoms. The van der Waals surface area contributed by atoms with Crippen molar-refractivity contribution in [3.63, 3.8) is 0 Å². The van der Waals surface area contributed by atoms with E-state index < -0.39 is 0 Å². The molecule has 0 atom stereocenters. The van der Waals surface area contributed by atoms with Crippen LogP contribution in [0.4, 0.5) is 0 Å². The first-order valence-corrected chi connectivity index (χ1v) is 6.68. The number of hydrogen-bond acceptors (Lipinski definition) is 3. The molecular weight excluding hydrogens is 210 g/mol. The Morgan fingerprint density at radius 3 is 2.71 bits per heavy atom. The van der Waals surface area contributed by atoms with Gasteiger partial charge in [0.05, 0.1) is 0 Å². The van der Waals surface area contributed by atoms with Gasteiger partial charge < -0.3 is 5.32 Å². The number of pyridine rings is 1. The number of nitrogens with one attached hydrogen (secondary N) is 1. The number of piperidine rings is 1. The van der Waals surface area contributed by atoms with Crippen LogP contribution in [0, 0.1) is 5.41 Å². The highest BCUT2D eigenvalue weighted by Crippen LogP contribution is 2.38. The molecule has 2 fully saturated rings. The van der Waals surface area contributed by atoms with Gasteiger partial charge in [-0.3, -0.25) is 9.88 Å². The number of likely N-dealkylation sites (tertiary alicyclic amines) is 1. The fourth-order valence-electron chi connectivity index (χ4n) is 3.27. The molecule has 0 saturated carbocycles. The molecule has 3 nitrogen and oxygen atoms in total. The van der Waals surface area contributed by atoms with Gasteiger partial charge in [0.15, 0.2) is 0 Å². The Hall–Kier alpha value is -0.930. The Kier molecular flexibility index (Phi) is 3.12. The summed E-state index contributed by atoms with van der Waals surface area (Å²) in [4.78, 5) is 6.69. The Morgan fingerprint density at radius 2 is 1.94 bits per heavy atom. The zero-order chi connectivity index (χ0) is 11.6. The second-order valence-electron chi connectivity index (χ2n) is 5.57. The third-order valence-electron chi connectivity index (χ3n) is 4.34. The van der Waals surface area contributed by atoms with Crippen molar-refractivity contribution < 1.29 is 0 Å². The highest BCUT2D eigenvalue weighted by atomic mass is 15.2. The predicted molar refractivity (Wildman–Crippen MR) is 68.7 cm³/mol. The topological polar surface area (TPSA) is 28.2 Å². The summed E-state index contributed by atoms with van der Waals surface area (Å²) in [6.45, 7) is 6.07. The lowest BCUT2D eigenvalue weighted by atomic mass is 9.78. The zero-order valence-corrected chi connectivity index (χ0v) is 10.4. The molecule has 2 aliphatic heterocycles. The van der Waals surface area contributed by atoms with Crippen molar-refractivity contribution in [3.05, 3.63) is 30.1 Å². The summed E-state index contributed by atoms with van der Waals surface area (Å²) >= 11 is 0. The van der Waals surface area contributed by atoms with Crippen LogP contribution in [0.2, 0.25) is 0 Å². The minimum absolute atomic E-state index is 0.623. The molecule has 0 unspecified atom stereocenters. The van der Waals surface area contributed by atoms with Crippen molar-refractivity contribution in [2.24, 2.45) is 5.41 Å². The van der Waals surface area contributed by atoms with Gasteiger partial charge in [0, 0.05) is 25.5 Å². The van der Waals surface area contributed by atoms with Gasteiger partial charge >= 0.3 is 0 Å². The smallest absolute Gasteiger partial charge is 0.0271 e. The predicted octanol–water partition coefficient (Wildman–Crippen LogP) is 1.66. The van der Waals surface area contributed by atoms with E-state index in [4.69, 9.17) is 0 Å². The minimum Gasteiger partial charge on any atom is -0.317 e. The molecule has 0 radical (unpaired) electrons. The zero-order valence-electron chi connectivity index (χ0n) is 10.4. The molecule has 0 aliphatic carbocycles. The fourth-order valence-corrected chi connectivity index (χ4v) is 3.27. The van der Waals surface area contributed by atoms with Crippen LogP contribution < -0.4 is 5.32 Å². The maximum atomic E-state index is 4.08. The number of rotatable bonds is 2. The van der Waals surface area contributed by atoms with E-state index in [9.17, 15) is 0 Å². The van der Waals surface area contributed by atoms with Gasteiger partial charge in [-0.1, -0.05) is 0 Å². The molecule has 92 valence electrons. The van der Waals surface area contributed by atoms with E-state index in [2.05, 4.69) is 27.3 Å². The van der Waals surface area contributed by atoms with E-state index in [0.29, 0.717) is 5.41 Å². The second-order valence-corrected chi connectivity index (χ2v) is 5.57. The molecular formula is C14H21N3. The van der Waals surface area contributed by atoms with Gasteiger partial charge in [-0.15, -0.1) is 0 Å². The standard InChI is InChI=1S/C14H21N3/c1-6-15-7-2-13(1)11-17-10-5-14(12-17)3-8-16-9-4-14/h1-2,6-7,16H,3-5,8-12H2. The van der Waals surface area contributed by atoms with Crippen LogP contribution in [0.15, 0.2) is 24.5 Å². The Balaban J connectivity index is 1.60. The second kappa shape index (κ2) is 4.75. The summed E-state index contributed by atoms with van der Waals surface area (Å²) < 4.78 is 0. The van der Waals surface area contributed by atoms with E-state index >= 15 is 0 Å². The summed E-state index contributed by atoms with van der Waals surface area (Å²) in [5, 5.41) is 3.47. The van der Waals surface area contributed by atoms with Crippen molar-refractivity contribution in [2.45, 2.75) is 25.8 Å². The van der Waals surface area contributed by atoms with Gasteiger partial charge in [0.2, 0.25) is 0 Å². The third kappa shape index (κ3) is 2.50. The molecule has 17 heavy (non-hydrogen) atoms. The van der Waals surface area contributed by atoms with Crippen LogP contribution in [0.5, 0.6) is 0 Å². The van der Waals surface area contributed by atoms with Crippen LogP contribution in [-0.4, -0.2) is 36.1 Å². The maximum Gasteiger partial charge on any atom is 0.0271 e. The molecule has 1 spiro atoms. The first-order valence-electron chi connectivity index (χ1n) is 6.68. The SMILES string of the molecule is c1cc(CN2CCC3(CCNCC3)C2)ccn1. The largest absolute Gasteiger partial charge is 0.317 e. The Bertz CT molecular complexity index is 357. The van der Waals surface area contributed by atoms with Crippen molar-refractivity contribution in [1.29, 1.82) is 0 Å². The van der Waals surface area contributed by atoms with Crippen molar-refractivity contribution >= 4 is 0 Å². The van der Waals surface area contributed by atoms with E-state index in [1.54, 1.807) is 0 Å². The quantitative estimate of drug-likeness (QED) is 0.839. The lowest BCUT2D eigenvalue weighted by Crippen LogP contribution is -2.38. The third-order valence-corrected chi connectivity index (χ3v) is 4.34. The molecule has 3 heterocycles. The summed E-state index contributed by atoms with van der Waals surface area (Å²) in [6, 6.07) is 4.26. The summed E-state index contributed by atoms with van der Waals surface area (Å²) in [5.74, 6) is 0. The minimum atomic E-state index is 0.623. The van der Waals surface area contributed by atoms with E-state index in [0.717, 1.165) is 6.54 Å². The first kappa shape index (κ1) is 11.2. The molecule has 2 aliphatic rings. The summed E-state index contributed by atoms with van der Waals surface area (Å²) in [6.07, 6.45) is 7.90. The highest BCUT2D eigenvalue weighted by Gasteiger charge is 2.38. The number of nitrogens with zero attached hydrogens (tertiary/aromatic N) is 2. The van der Waals surface area contributed by atoms with Crippen LogP contribution in [0.25, 0.3) is 0 Å². The maximum absolute atomic E-state index is 4.08. The molecule has 1 aromatic heterocycles. The molecule has 0 aromatic carbocycles. The normalized spacial score (nSPS) is 24.2. The van der Waals surface area contributed by atoms with Gasteiger partial charge in [0.25, 0.3) is 0 Å². The van der Waals surface area contributed by atoms with Gasteiger partial charge in [-0.25, -0.2) is 0 Å². The lowest BCUT2D eigenvalue weighted by Gasteiger charge is -2.33. The van der Waals surface area contributed by atoms with Gasteiger partial charge in [-0.2, -0.15) is 0 Å². The lowest BCUT2D eigenvalue weighted by molar-refractivity contribution is 0.194. The Morgan fingerprint density at radius 1 is 1.18 bits per heavy atom. The molecule has 1 N–H and O–H groups in total. The molecule has 3 heteroatoms. The summed E-state index contributed by atoms with van der Waals surface area (Å²) in [5.41, 5.74) is 2.02. The monoisotopic (exact) mass is 231 g/mol. The van der Waals surface area contributed by atoms with Crippen molar-refractivity contribution in [2.75, 3.05) is 26.2 Å². The van der Waals surface area contributed by atoms with Crippen LogP contribution >= 0.6 is 0 Å². The molecule has 0 amide bonds. The highest BCUT2D eigenvalue weighted by molar-refractivity contribution is 5.10.